The fourth-order valence-corrected chi connectivity index (χ4v) is 2.79. The first-order valence-corrected chi connectivity index (χ1v) is 8.60. The molecule has 0 bridgehead atoms. The van der Waals surface area contributed by atoms with Crippen LogP contribution >= 0.6 is 15.9 Å². The Kier molecular flexibility index (Phi) is 6.02. The molecule has 0 aliphatic heterocycles. The van der Waals surface area contributed by atoms with Crippen molar-refractivity contribution in [2.24, 2.45) is 5.73 Å². The average Bonchev–Trinajstić information content (AvgIpc) is 2.55. The molecule has 4 nitrogen and oxygen atoms in total. The van der Waals surface area contributed by atoms with Gasteiger partial charge >= 0.3 is 0 Å². The van der Waals surface area contributed by atoms with Crippen LogP contribution < -0.4 is 15.8 Å². The predicted molar refractivity (Wildman–Crippen MR) is 100 cm³/mol. The third-order valence-electron chi connectivity index (χ3n) is 4.03. The highest BCUT2D eigenvalue weighted by Gasteiger charge is 2.30. The number of halogens is 1. The Morgan fingerprint density at radius 3 is 2.54 bits per heavy atom. The van der Waals surface area contributed by atoms with Gasteiger partial charge in [-0.05, 0) is 49.6 Å². The molecule has 2 aromatic rings. The number of hydrogen-bond donors (Lipinski definition) is 2. The molecule has 5 heteroatoms. The fourth-order valence-electron chi connectivity index (χ4n) is 2.52. The number of hydrogen-bond acceptors (Lipinski definition) is 3. The zero-order valence-corrected chi connectivity index (χ0v) is 15.8. The van der Waals surface area contributed by atoms with E-state index in [4.69, 9.17) is 10.5 Å². The molecule has 2 aromatic carbocycles. The van der Waals surface area contributed by atoms with Gasteiger partial charge in [-0.15, -0.1) is 0 Å². The van der Waals surface area contributed by atoms with Gasteiger partial charge in [-0.3, -0.25) is 4.79 Å². The summed E-state index contributed by atoms with van der Waals surface area (Å²) in [4.78, 5) is 12.5. The summed E-state index contributed by atoms with van der Waals surface area (Å²) < 4.78 is 6.32. The van der Waals surface area contributed by atoms with Crippen molar-refractivity contribution in [2.45, 2.75) is 25.8 Å². The molecule has 0 saturated carbocycles. The molecule has 1 amide bonds. The van der Waals surface area contributed by atoms with Gasteiger partial charge in [0.25, 0.3) is 0 Å². The Balaban J connectivity index is 2.00. The second-order valence-electron chi connectivity index (χ2n) is 6.03. The van der Waals surface area contributed by atoms with Crippen LogP contribution in [0.5, 0.6) is 5.75 Å². The number of nitrogens with two attached hydrogens (primary N) is 1. The van der Waals surface area contributed by atoms with Crippen LogP contribution in [0, 0.1) is 6.92 Å². The van der Waals surface area contributed by atoms with Crippen LogP contribution in [0.15, 0.2) is 46.9 Å². The van der Waals surface area contributed by atoms with Crippen LogP contribution in [0.25, 0.3) is 0 Å². The molecule has 0 aliphatic carbocycles. The van der Waals surface area contributed by atoms with E-state index < -0.39 is 5.54 Å². The third kappa shape index (κ3) is 4.36. The molecular weight excluding hydrogens is 368 g/mol. The molecule has 24 heavy (non-hydrogen) atoms. The Hall–Kier alpha value is -1.85. The summed E-state index contributed by atoms with van der Waals surface area (Å²) >= 11 is 3.38. The van der Waals surface area contributed by atoms with Crippen molar-refractivity contribution in [3.05, 3.63) is 63.6 Å². The Labute approximate surface area is 151 Å². The lowest BCUT2D eigenvalue weighted by Crippen LogP contribution is -2.49. The highest BCUT2D eigenvalue weighted by molar-refractivity contribution is 9.10. The number of aryl methyl sites for hydroxylation is 1. The number of rotatable bonds is 6. The van der Waals surface area contributed by atoms with Crippen molar-refractivity contribution in [3.63, 3.8) is 0 Å². The van der Waals surface area contributed by atoms with E-state index in [0.717, 1.165) is 26.9 Å². The van der Waals surface area contributed by atoms with Crippen molar-refractivity contribution in [1.82, 2.24) is 5.32 Å². The van der Waals surface area contributed by atoms with Gasteiger partial charge in [0.2, 0.25) is 5.91 Å². The summed E-state index contributed by atoms with van der Waals surface area (Å²) in [6.45, 7) is 4.26. The molecule has 0 aliphatic rings. The molecule has 3 N–H and O–H groups in total. The quantitative estimate of drug-likeness (QED) is 0.794. The van der Waals surface area contributed by atoms with Gasteiger partial charge in [-0.2, -0.15) is 0 Å². The monoisotopic (exact) mass is 390 g/mol. The highest BCUT2D eigenvalue weighted by Crippen LogP contribution is 2.22. The molecule has 1 atom stereocenters. The second kappa shape index (κ2) is 7.81. The van der Waals surface area contributed by atoms with Crippen LogP contribution in [0.2, 0.25) is 0 Å². The van der Waals surface area contributed by atoms with E-state index in [2.05, 4.69) is 27.3 Å². The lowest BCUT2D eigenvalue weighted by Gasteiger charge is -2.24. The van der Waals surface area contributed by atoms with E-state index in [0.29, 0.717) is 13.0 Å². The summed E-state index contributed by atoms with van der Waals surface area (Å²) in [6, 6.07) is 13.5. The lowest BCUT2D eigenvalue weighted by atomic mass is 9.92. The van der Waals surface area contributed by atoms with Gasteiger partial charge in [-0.25, -0.2) is 0 Å². The van der Waals surface area contributed by atoms with Crippen LogP contribution in [0.3, 0.4) is 0 Å². The minimum Gasteiger partial charge on any atom is -0.496 e. The van der Waals surface area contributed by atoms with Crippen LogP contribution in [0.1, 0.15) is 23.6 Å². The van der Waals surface area contributed by atoms with E-state index in [1.165, 1.54) is 0 Å². The molecular formula is C19H23BrN2O2. The number of carbonyl (C=O) groups excluding carboxylic acids is 1. The Morgan fingerprint density at radius 1 is 1.25 bits per heavy atom. The van der Waals surface area contributed by atoms with E-state index in [1.807, 2.05) is 43.3 Å². The molecule has 0 aromatic heterocycles. The topological polar surface area (TPSA) is 64.3 Å². The SMILES string of the molecule is COc1ccc(C)cc1CCNC(=O)C(C)(N)c1ccc(Br)cc1. The summed E-state index contributed by atoms with van der Waals surface area (Å²) in [7, 11) is 1.65. The second-order valence-corrected chi connectivity index (χ2v) is 6.95. The summed E-state index contributed by atoms with van der Waals surface area (Å²) in [5.74, 6) is 0.634. The minimum absolute atomic E-state index is 0.198. The maximum Gasteiger partial charge on any atom is 0.244 e. The van der Waals surface area contributed by atoms with E-state index >= 15 is 0 Å². The van der Waals surface area contributed by atoms with Gasteiger partial charge in [0, 0.05) is 11.0 Å². The number of methoxy groups -OCH3 is 1. The van der Waals surface area contributed by atoms with Gasteiger partial charge in [0.1, 0.15) is 11.3 Å². The fraction of sp³-hybridized carbons (Fsp3) is 0.316. The number of ether oxygens (including phenoxy) is 1. The van der Waals surface area contributed by atoms with Crippen molar-refractivity contribution in [2.75, 3.05) is 13.7 Å². The minimum atomic E-state index is -1.07. The first-order chi connectivity index (χ1) is 11.3. The first-order valence-electron chi connectivity index (χ1n) is 7.81. The largest absolute Gasteiger partial charge is 0.496 e. The third-order valence-corrected chi connectivity index (χ3v) is 4.56. The van der Waals surface area contributed by atoms with E-state index in [1.54, 1.807) is 14.0 Å². The maximum atomic E-state index is 12.5. The standard InChI is InChI=1S/C19H23BrN2O2/c1-13-4-9-17(24-3)14(12-13)10-11-22-18(23)19(2,21)15-5-7-16(20)8-6-15/h4-9,12H,10-11,21H2,1-3H3,(H,22,23). The predicted octanol–water partition coefficient (Wildman–Crippen LogP) is 3.30. The maximum absolute atomic E-state index is 12.5. The average molecular weight is 391 g/mol. The molecule has 2 rings (SSSR count). The number of amides is 1. The lowest BCUT2D eigenvalue weighted by molar-refractivity contribution is -0.126. The first kappa shape index (κ1) is 18.5. The van der Waals surface area contributed by atoms with Crippen LogP contribution in [-0.2, 0) is 16.8 Å². The summed E-state index contributed by atoms with van der Waals surface area (Å²) in [5, 5.41) is 2.92. The molecule has 0 fully saturated rings. The van der Waals surface area contributed by atoms with Gasteiger partial charge in [-0.1, -0.05) is 45.8 Å². The Morgan fingerprint density at radius 2 is 1.92 bits per heavy atom. The zero-order chi connectivity index (χ0) is 17.7. The smallest absolute Gasteiger partial charge is 0.244 e. The zero-order valence-electron chi connectivity index (χ0n) is 14.2. The van der Waals surface area contributed by atoms with E-state index in [-0.39, 0.29) is 5.91 Å². The van der Waals surface area contributed by atoms with Crippen molar-refractivity contribution in [1.29, 1.82) is 0 Å². The van der Waals surface area contributed by atoms with Crippen LogP contribution in [0.4, 0.5) is 0 Å². The number of carbonyl (C=O) groups is 1. The molecule has 0 spiro atoms. The van der Waals surface area contributed by atoms with Crippen molar-refractivity contribution >= 4 is 21.8 Å². The van der Waals surface area contributed by atoms with Gasteiger partial charge < -0.3 is 15.8 Å². The molecule has 0 heterocycles. The molecule has 1 unspecified atom stereocenters. The van der Waals surface area contributed by atoms with Crippen LogP contribution in [-0.4, -0.2) is 19.6 Å². The van der Waals surface area contributed by atoms with Gasteiger partial charge in [0.05, 0.1) is 7.11 Å². The Bertz CT molecular complexity index is 712. The normalized spacial score (nSPS) is 13.2. The molecule has 0 radical (unpaired) electrons. The van der Waals surface area contributed by atoms with E-state index in [9.17, 15) is 4.79 Å². The summed E-state index contributed by atoms with van der Waals surface area (Å²) in [6.07, 6.45) is 0.688. The molecule has 128 valence electrons. The van der Waals surface area contributed by atoms with Crippen molar-refractivity contribution in [3.8, 4) is 5.75 Å². The van der Waals surface area contributed by atoms with Gasteiger partial charge in [0.15, 0.2) is 0 Å². The highest BCUT2D eigenvalue weighted by atomic mass is 79.9. The number of benzene rings is 2. The molecule has 0 saturated heterocycles. The number of nitrogens with one attached hydrogen (secondary N) is 1. The van der Waals surface area contributed by atoms with Crippen molar-refractivity contribution < 1.29 is 9.53 Å². The summed E-state index contributed by atoms with van der Waals surface area (Å²) in [5.41, 5.74) is 8.17.